The zero-order chi connectivity index (χ0) is 12.6. The van der Waals surface area contributed by atoms with Crippen LogP contribution in [0.4, 0.5) is 0 Å². The molecule has 1 nitrogen and oxygen atoms in total. The van der Waals surface area contributed by atoms with Gasteiger partial charge in [0.15, 0.2) is 5.78 Å². The first-order valence-corrected chi connectivity index (χ1v) is 6.80. The average Bonchev–Trinajstić information content (AvgIpc) is 2.62. The maximum atomic E-state index is 12.3. The predicted molar refractivity (Wildman–Crippen MR) is 74.0 cm³/mol. The first-order valence-electron chi connectivity index (χ1n) is 4.72. The minimum atomic E-state index is -0.171. The Morgan fingerprint density at radius 2 is 1.71 bits per heavy atom. The molecule has 1 heterocycles. The monoisotopic (exact) mass is 304 g/mol. The summed E-state index contributed by atoms with van der Waals surface area (Å²) < 4.78 is 0. The standard InChI is InChI=1S/C12H7Cl3OS/c1-6-4-17-5-8(6)12(16)11-9(14)2-7(13)3-10(11)15/h2-5H,1H3. The Kier molecular flexibility index (Phi) is 3.79. The molecule has 0 spiro atoms. The molecule has 0 aliphatic heterocycles. The molecule has 0 atom stereocenters. The zero-order valence-electron chi connectivity index (χ0n) is 8.76. The van der Waals surface area contributed by atoms with Crippen molar-refractivity contribution in [2.45, 2.75) is 6.92 Å². The first kappa shape index (κ1) is 12.9. The van der Waals surface area contributed by atoms with Gasteiger partial charge in [-0.05, 0) is 30.0 Å². The van der Waals surface area contributed by atoms with E-state index in [1.54, 1.807) is 5.38 Å². The van der Waals surface area contributed by atoms with Crippen molar-refractivity contribution < 1.29 is 4.79 Å². The number of benzene rings is 1. The number of rotatable bonds is 2. The van der Waals surface area contributed by atoms with Crippen LogP contribution >= 0.6 is 46.1 Å². The number of carbonyl (C=O) groups excluding carboxylic acids is 1. The molecule has 0 aliphatic carbocycles. The summed E-state index contributed by atoms with van der Waals surface area (Å²) in [7, 11) is 0. The number of hydrogen-bond donors (Lipinski definition) is 0. The van der Waals surface area contributed by atoms with Crippen molar-refractivity contribution >= 4 is 51.9 Å². The molecule has 0 aliphatic rings. The molecule has 17 heavy (non-hydrogen) atoms. The van der Waals surface area contributed by atoms with Crippen molar-refractivity contribution in [3.8, 4) is 0 Å². The Morgan fingerprint density at radius 1 is 1.12 bits per heavy atom. The maximum absolute atomic E-state index is 12.3. The molecular weight excluding hydrogens is 299 g/mol. The van der Waals surface area contributed by atoms with Crippen LogP contribution in [0, 0.1) is 6.92 Å². The topological polar surface area (TPSA) is 17.1 Å². The molecule has 1 aromatic heterocycles. The molecule has 0 radical (unpaired) electrons. The van der Waals surface area contributed by atoms with E-state index in [1.807, 2.05) is 12.3 Å². The van der Waals surface area contributed by atoms with Crippen LogP contribution in [0.1, 0.15) is 21.5 Å². The van der Waals surface area contributed by atoms with Crippen molar-refractivity contribution in [3.05, 3.63) is 54.7 Å². The van der Waals surface area contributed by atoms with E-state index < -0.39 is 0 Å². The molecule has 5 heteroatoms. The van der Waals surface area contributed by atoms with E-state index in [9.17, 15) is 4.79 Å². The molecule has 2 aromatic rings. The van der Waals surface area contributed by atoms with Gasteiger partial charge in [-0.3, -0.25) is 4.79 Å². The fourth-order valence-electron chi connectivity index (χ4n) is 1.49. The van der Waals surface area contributed by atoms with Gasteiger partial charge < -0.3 is 0 Å². The molecule has 0 bridgehead atoms. The van der Waals surface area contributed by atoms with Crippen molar-refractivity contribution in [1.29, 1.82) is 0 Å². The molecule has 0 amide bonds. The van der Waals surface area contributed by atoms with Gasteiger partial charge in [0.25, 0.3) is 0 Å². The number of thiophene rings is 1. The van der Waals surface area contributed by atoms with Gasteiger partial charge in [-0.1, -0.05) is 34.8 Å². The number of ketones is 1. The Balaban J connectivity index is 2.56. The van der Waals surface area contributed by atoms with Crippen LogP contribution in [-0.4, -0.2) is 5.78 Å². The van der Waals surface area contributed by atoms with Crippen molar-refractivity contribution in [2.24, 2.45) is 0 Å². The average molecular weight is 306 g/mol. The molecule has 2 rings (SSSR count). The third-order valence-electron chi connectivity index (χ3n) is 2.33. The second-order valence-corrected chi connectivity index (χ2v) is 5.54. The minimum Gasteiger partial charge on any atom is -0.288 e. The van der Waals surface area contributed by atoms with Crippen LogP contribution < -0.4 is 0 Å². The number of aryl methyl sites for hydroxylation is 1. The summed E-state index contributed by atoms with van der Waals surface area (Å²) >= 11 is 19.3. The number of carbonyl (C=O) groups is 1. The van der Waals surface area contributed by atoms with E-state index in [2.05, 4.69) is 0 Å². The lowest BCUT2D eigenvalue weighted by molar-refractivity contribution is 0.103. The lowest BCUT2D eigenvalue weighted by Gasteiger charge is -2.06. The van der Waals surface area contributed by atoms with Crippen LogP contribution in [0.2, 0.25) is 15.1 Å². The SMILES string of the molecule is Cc1cscc1C(=O)c1c(Cl)cc(Cl)cc1Cl. The molecular formula is C12H7Cl3OS. The normalized spacial score (nSPS) is 10.6. The summed E-state index contributed by atoms with van der Waals surface area (Å²) in [5.74, 6) is -0.171. The van der Waals surface area contributed by atoms with Gasteiger partial charge in [0.1, 0.15) is 0 Å². The summed E-state index contributed by atoms with van der Waals surface area (Å²) in [5.41, 5.74) is 1.85. The first-order chi connectivity index (χ1) is 8.00. The summed E-state index contributed by atoms with van der Waals surface area (Å²) in [6.45, 7) is 1.88. The smallest absolute Gasteiger partial charge is 0.197 e. The van der Waals surface area contributed by atoms with E-state index in [0.29, 0.717) is 16.1 Å². The Bertz CT molecular complexity index is 566. The van der Waals surface area contributed by atoms with Crippen LogP contribution in [0.25, 0.3) is 0 Å². The van der Waals surface area contributed by atoms with Crippen LogP contribution in [0.15, 0.2) is 22.9 Å². The van der Waals surface area contributed by atoms with Gasteiger partial charge in [0.05, 0.1) is 15.6 Å². The molecule has 0 saturated heterocycles. The molecule has 88 valence electrons. The van der Waals surface area contributed by atoms with Gasteiger partial charge >= 0.3 is 0 Å². The van der Waals surface area contributed by atoms with Gasteiger partial charge in [-0.2, -0.15) is 11.3 Å². The minimum absolute atomic E-state index is 0.171. The van der Waals surface area contributed by atoms with E-state index >= 15 is 0 Å². The van der Waals surface area contributed by atoms with Crippen LogP contribution in [0.5, 0.6) is 0 Å². The van der Waals surface area contributed by atoms with Crippen molar-refractivity contribution in [3.63, 3.8) is 0 Å². The van der Waals surface area contributed by atoms with Crippen molar-refractivity contribution in [2.75, 3.05) is 0 Å². The number of hydrogen-bond acceptors (Lipinski definition) is 2. The lowest BCUT2D eigenvalue weighted by Crippen LogP contribution is -2.03. The predicted octanol–water partition coefficient (Wildman–Crippen LogP) is 5.25. The van der Waals surface area contributed by atoms with Gasteiger partial charge in [-0.25, -0.2) is 0 Å². The van der Waals surface area contributed by atoms with E-state index in [4.69, 9.17) is 34.8 Å². The summed E-state index contributed by atoms with van der Waals surface area (Å²) in [5, 5.41) is 4.67. The highest BCUT2D eigenvalue weighted by atomic mass is 35.5. The zero-order valence-corrected chi connectivity index (χ0v) is 11.8. The maximum Gasteiger partial charge on any atom is 0.197 e. The summed E-state index contributed by atoms with van der Waals surface area (Å²) in [4.78, 5) is 12.3. The lowest BCUT2D eigenvalue weighted by atomic mass is 10.0. The largest absolute Gasteiger partial charge is 0.288 e. The summed E-state index contributed by atoms with van der Waals surface area (Å²) in [6.07, 6.45) is 0. The van der Waals surface area contributed by atoms with Gasteiger partial charge in [0, 0.05) is 16.0 Å². The highest BCUT2D eigenvalue weighted by Gasteiger charge is 2.19. The fraction of sp³-hybridized carbons (Fsp3) is 0.0833. The fourth-order valence-corrected chi connectivity index (χ4v) is 3.30. The summed E-state index contributed by atoms with van der Waals surface area (Å²) in [6, 6.07) is 3.04. The van der Waals surface area contributed by atoms with Gasteiger partial charge in [0.2, 0.25) is 0 Å². The quantitative estimate of drug-likeness (QED) is 0.693. The van der Waals surface area contributed by atoms with E-state index in [1.165, 1.54) is 23.5 Å². The molecule has 0 unspecified atom stereocenters. The Hall–Kier alpha value is -0.540. The second-order valence-electron chi connectivity index (χ2n) is 3.54. The molecule has 0 saturated carbocycles. The molecule has 0 N–H and O–H groups in total. The highest BCUT2D eigenvalue weighted by molar-refractivity contribution is 7.08. The third-order valence-corrected chi connectivity index (χ3v) is 4.01. The third kappa shape index (κ3) is 2.50. The van der Waals surface area contributed by atoms with E-state index in [0.717, 1.165) is 5.56 Å². The highest BCUT2D eigenvalue weighted by Crippen LogP contribution is 2.32. The molecule has 0 fully saturated rings. The second kappa shape index (κ2) is 4.99. The van der Waals surface area contributed by atoms with Crippen molar-refractivity contribution in [1.82, 2.24) is 0 Å². The molecule has 1 aromatic carbocycles. The number of halogens is 3. The van der Waals surface area contributed by atoms with E-state index in [-0.39, 0.29) is 15.8 Å². The Morgan fingerprint density at radius 3 is 2.18 bits per heavy atom. The van der Waals surface area contributed by atoms with Gasteiger partial charge in [-0.15, -0.1) is 0 Å². The van der Waals surface area contributed by atoms with Crippen LogP contribution in [0.3, 0.4) is 0 Å². The van der Waals surface area contributed by atoms with Crippen LogP contribution in [-0.2, 0) is 0 Å². The Labute approximate surface area is 118 Å².